The topological polar surface area (TPSA) is 56.9 Å². The fraction of sp³-hybridized carbons (Fsp3) is 0.500. The number of aryl methyl sites for hydroxylation is 1. The first kappa shape index (κ1) is 25.5. The molecule has 3 aromatic rings. The van der Waals surface area contributed by atoms with Gasteiger partial charge in [-0.15, -0.1) is 0 Å². The van der Waals surface area contributed by atoms with Gasteiger partial charge in [0.1, 0.15) is 6.54 Å². The van der Waals surface area contributed by atoms with Crippen molar-refractivity contribution < 1.29 is 18.0 Å². The van der Waals surface area contributed by atoms with E-state index in [9.17, 15) is 22.8 Å². The number of hydrogen-bond acceptors (Lipinski definition) is 4. The minimum atomic E-state index is -4.37. The first-order valence-corrected chi connectivity index (χ1v) is 12.9. The molecule has 1 aromatic carbocycles. The number of thioether (sulfide) groups is 1. The zero-order valence-corrected chi connectivity index (χ0v) is 21.2. The van der Waals surface area contributed by atoms with Gasteiger partial charge in [0.15, 0.2) is 10.9 Å². The second-order valence-electron chi connectivity index (χ2n) is 9.62. The van der Waals surface area contributed by atoms with Crippen LogP contribution in [-0.4, -0.2) is 31.8 Å². The van der Waals surface area contributed by atoms with Gasteiger partial charge >= 0.3 is 6.18 Å². The number of carbonyl (C=O) groups excluding carboxylic acids is 1. The van der Waals surface area contributed by atoms with Crippen molar-refractivity contribution in [3.05, 3.63) is 57.6 Å². The largest absolute Gasteiger partial charge is 0.406 e. The van der Waals surface area contributed by atoms with Gasteiger partial charge in [-0.3, -0.25) is 14.2 Å². The minimum absolute atomic E-state index is 0.0159. The van der Waals surface area contributed by atoms with Crippen LogP contribution in [0.1, 0.15) is 60.9 Å². The number of benzene rings is 1. The summed E-state index contributed by atoms with van der Waals surface area (Å²) in [7, 11) is 0. The number of carbonyl (C=O) groups is 1. The maximum absolute atomic E-state index is 13.6. The third kappa shape index (κ3) is 5.20. The van der Waals surface area contributed by atoms with Crippen LogP contribution in [0.2, 0.25) is 0 Å². The van der Waals surface area contributed by atoms with Gasteiger partial charge in [-0.05, 0) is 50.3 Å². The van der Waals surface area contributed by atoms with Crippen molar-refractivity contribution in [1.82, 2.24) is 14.1 Å². The molecule has 35 heavy (non-hydrogen) atoms. The Labute approximate surface area is 206 Å². The fourth-order valence-electron chi connectivity index (χ4n) is 5.15. The van der Waals surface area contributed by atoms with E-state index in [1.165, 1.54) is 24.8 Å². The summed E-state index contributed by atoms with van der Waals surface area (Å²) in [5, 5.41) is 1.03. The van der Waals surface area contributed by atoms with Crippen LogP contribution in [0.15, 0.2) is 40.3 Å². The van der Waals surface area contributed by atoms with Crippen molar-refractivity contribution >= 4 is 28.4 Å². The van der Waals surface area contributed by atoms with E-state index in [1.807, 2.05) is 12.1 Å². The molecule has 0 bridgehead atoms. The number of para-hydroxylation sites is 1. The van der Waals surface area contributed by atoms with E-state index in [4.69, 9.17) is 4.98 Å². The smallest absolute Gasteiger partial charge is 0.339 e. The van der Waals surface area contributed by atoms with Crippen LogP contribution in [0.3, 0.4) is 0 Å². The molecular formula is C26H30F3N3O2S. The third-order valence-corrected chi connectivity index (χ3v) is 8.27. The lowest BCUT2D eigenvalue weighted by atomic mass is 9.78. The zero-order valence-electron chi connectivity index (χ0n) is 20.4. The molecule has 0 spiro atoms. The molecule has 5 nitrogen and oxygen atoms in total. The number of halogens is 3. The quantitative estimate of drug-likeness (QED) is 0.223. The van der Waals surface area contributed by atoms with Gasteiger partial charge in [-0.2, -0.15) is 13.2 Å². The Kier molecular flexibility index (Phi) is 7.18. The SMILES string of the molecule is Cc1cc(C(=O)CSc2nc3ccccc3c(=O)n2[C@@H]2CCC[C@@H](C)[C@H]2C)c(C)n1CC(F)(F)F. The average molecular weight is 506 g/mol. The molecule has 3 atom stereocenters. The second-order valence-corrected chi connectivity index (χ2v) is 10.6. The Bertz CT molecular complexity index is 1310. The molecule has 0 unspecified atom stereocenters. The predicted octanol–water partition coefficient (Wildman–Crippen LogP) is 6.35. The van der Waals surface area contributed by atoms with E-state index in [2.05, 4.69) is 13.8 Å². The highest BCUT2D eigenvalue weighted by atomic mass is 32.2. The second kappa shape index (κ2) is 9.84. The minimum Gasteiger partial charge on any atom is -0.339 e. The van der Waals surface area contributed by atoms with Crippen molar-refractivity contribution in [1.29, 1.82) is 0 Å². The third-order valence-electron chi connectivity index (χ3n) is 7.31. The maximum atomic E-state index is 13.6. The molecule has 0 saturated heterocycles. The Morgan fingerprint density at radius 1 is 1.17 bits per heavy atom. The van der Waals surface area contributed by atoms with E-state index in [0.29, 0.717) is 33.4 Å². The van der Waals surface area contributed by atoms with Crippen LogP contribution in [0.4, 0.5) is 13.2 Å². The Morgan fingerprint density at radius 3 is 2.60 bits per heavy atom. The summed E-state index contributed by atoms with van der Waals surface area (Å²) in [4.78, 5) is 31.4. The molecule has 0 N–H and O–H groups in total. The lowest BCUT2D eigenvalue weighted by Crippen LogP contribution is -2.35. The van der Waals surface area contributed by atoms with Gasteiger partial charge in [0.05, 0.1) is 16.7 Å². The van der Waals surface area contributed by atoms with E-state index in [0.717, 1.165) is 23.8 Å². The number of aromatic nitrogens is 3. The first-order chi connectivity index (χ1) is 16.5. The molecular weight excluding hydrogens is 475 g/mol. The van der Waals surface area contributed by atoms with E-state index in [1.54, 1.807) is 23.6 Å². The van der Waals surface area contributed by atoms with Crippen LogP contribution in [0, 0.1) is 25.7 Å². The van der Waals surface area contributed by atoms with Crippen molar-refractivity contribution in [2.24, 2.45) is 11.8 Å². The van der Waals surface area contributed by atoms with Crippen molar-refractivity contribution in [2.45, 2.75) is 70.9 Å². The molecule has 188 valence electrons. The van der Waals surface area contributed by atoms with E-state index >= 15 is 0 Å². The Morgan fingerprint density at radius 2 is 1.89 bits per heavy atom. The monoisotopic (exact) mass is 505 g/mol. The Balaban J connectivity index is 1.67. The summed E-state index contributed by atoms with van der Waals surface area (Å²) < 4.78 is 41.8. The molecule has 1 fully saturated rings. The number of alkyl halides is 3. The van der Waals surface area contributed by atoms with Crippen molar-refractivity contribution in [2.75, 3.05) is 5.75 Å². The summed E-state index contributed by atoms with van der Waals surface area (Å²) in [6, 6.07) is 8.68. The lowest BCUT2D eigenvalue weighted by Gasteiger charge is -2.36. The van der Waals surface area contributed by atoms with Crippen LogP contribution in [-0.2, 0) is 6.54 Å². The normalized spacial score (nSPS) is 20.9. The predicted molar refractivity (Wildman–Crippen MR) is 132 cm³/mol. The van der Waals surface area contributed by atoms with Gasteiger partial charge in [0, 0.05) is 23.0 Å². The number of rotatable bonds is 6. The molecule has 0 aliphatic heterocycles. The molecule has 0 radical (unpaired) electrons. The van der Waals surface area contributed by atoms with Gasteiger partial charge in [0.25, 0.3) is 5.56 Å². The summed E-state index contributed by atoms with van der Waals surface area (Å²) in [5.74, 6) is 0.444. The standard InChI is InChI=1S/C26H30F3N3O2S/c1-15-8-7-11-22(17(15)3)32-24(34)19-9-5-6-10-21(19)30-25(32)35-13-23(33)20-12-16(2)31(18(20)4)14-26(27,28)29/h5-6,9-10,12,15,17,22H,7-8,11,13-14H2,1-4H3/t15-,17-,22-/m1/s1. The molecule has 1 aliphatic rings. The number of ketones is 1. The molecule has 2 heterocycles. The number of fused-ring (bicyclic) bond motifs is 1. The molecule has 4 rings (SSSR count). The molecule has 9 heteroatoms. The van der Waals surface area contributed by atoms with E-state index < -0.39 is 12.7 Å². The molecule has 0 amide bonds. The van der Waals surface area contributed by atoms with Gasteiger partial charge in [-0.1, -0.05) is 50.6 Å². The highest BCUT2D eigenvalue weighted by molar-refractivity contribution is 7.99. The van der Waals surface area contributed by atoms with E-state index in [-0.39, 0.29) is 34.6 Å². The molecule has 1 aliphatic carbocycles. The van der Waals surface area contributed by atoms with Crippen LogP contribution in [0.25, 0.3) is 10.9 Å². The zero-order chi connectivity index (χ0) is 25.5. The van der Waals surface area contributed by atoms with Gasteiger partial charge in [0.2, 0.25) is 0 Å². The summed E-state index contributed by atoms with van der Waals surface area (Å²) in [6.45, 7) is 6.33. The van der Waals surface area contributed by atoms with Crippen molar-refractivity contribution in [3.63, 3.8) is 0 Å². The summed E-state index contributed by atoms with van der Waals surface area (Å²) >= 11 is 1.18. The van der Waals surface area contributed by atoms with Crippen LogP contribution in [0.5, 0.6) is 0 Å². The Hall–Kier alpha value is -2.55. The first-order valence-electron chi connectivity index (χ1n) is 11.9. The van der Waals surface area contributed by atoms with Crippen molar-refractivity contribution in [3.8, 4) is 0 Å². The van der Waals surface area contributed by atoms with Crippen LogP contribution >= 0.6 is 11.8 Å². The molecule has 1 saturated carbocycles. The highest BCUT2D eigenvalue weighted by Gasteiger charge is 2.32. The summed E-state index contributed by atoms with van der Waals surface area (Å²) in [6.07, 6.45) is -1.38. The molecule has 2 aromatic heterocycles. The van der Waals surface area contributed by atoms with Gasteiger partial charge < -0.3 is 4.57 Å². The lowest BCUT2D eigenvalue weighted by molar-refractivity contribution is -0.141. The van der Waals surface area contributed by atoms with Gasteiger partial charge in [-0.25, -0.2) is 4.98 Å². The number of Topliss-reactive ketones (excluding diaryl/α,β-unsaturated/α-hetero) is 1. The summed E-state index contributed by atoms with van der Waals surface area (Å²) in [5.41, 5.74) is 1.42. The maximum Gasteiger partial charge on any atom is 0.406 e. The highest BCUT2D eigenvalue weighted by Crippen LogP contribution is 2.39. The fourth-order valence-corrected chi connectivity index (χ4v) is 6.09. The van der Waals surface area contributed by atoms with Crippen LogP contribution < -0.4 is 5.56 Å². The average Bonchev–Trinajstić information content (AvgIpc) is 3.07. The number of nitrogens with zero attached hydrogens (tertiary/aromatic N) is 3. The number of hydrogen-bond donors (Lipinski definition) is 0.